The van der Waals surface area contributed by atoms with Gasteiger partial charge in [0, 0.05) is 5.56 Å². The van der Waals surface area contributed by atoms with Crippen molar-refractivity contribution < 1.29 is 9.47 Å². The van der Waals surface area contributed by atoms with Crippen LogP contribution in [0.2, 0.25) is 0 Å². The monoisotopic (exact) mass is 232 g/mol. The maximum Gasteiger partial charge on any atom is 0.240 e. The lowest BCUT2D eigenvalue weighted by molar-refractivity contribution is 0.355. The van der Waals surface area contributed by atoms with Crippen LogP contribution in [-0.4, -0.2) is 29.4 Å². The molecule has 0 bridgehead atoms. The molecule has 6 nitrogen and oxygen atoms in total. The highest BCUT2D eigenvalue weighted by atomic mass is 16.5. The average molecular weight is 232 g/mol. The zero-order valence-electron chi connectivity index (χ0n) is 9.54. The van der Waals surface area contributed by atoms with Crippen LogP contribution in [0.15, 0.2) is 24.4 Å². The van der Waals surface area contributed by atoms with E-state index < -0.39 is 0 Å². The molecule has 0 unspecified atom stereocenters. The van der Waals surface area contributed by atoms with Crippen LogP contribution >= 0.6 is 0 Å². The second-order valence-electron chi connectivity index (χ2n) is 3.27. The molecule has 0 fully saturated rings. The molecule has 6 heteroatoms. The number of hydrogen-bond acceptors (Lipinski definition) is 6. The molecule has 0 aliphatic rings. The summed E-state index contributed by atoms with van der Waals surface area (Å²) < 4.78 is 10.4. The van der Waals surface area contributed by atoms with Gasteiger partial charge in [0.1, 0.15) is 0 Å². The summed E-state index contributed by atoms with van der Waals surface area (Å²) in [5.41, 5.74) is 6.96. The Kier molecular flexibility index (Phi) is 3.04. The Morgan fingerprint density at radius 3 is 2.53 bits per heavy atom. The van der Waals surface area contributed by atoms with Gasteiger partial charge in [-0.05, 0) is 18.2 Å². The number of benzene rings is 1. The maximum absolute atomic E-state index is 5.48. The van der Waals surface area contributed by atoms with Crippen LogP contribution in [0.4, 0.5) is 5.95 Å². The summed E-state index contributed by atoms with van der Waals surface area (Å²) in [6, 6.07) is 5.46. The third-order valence-corrected chi connectivity index (χ3v) is 2.25. The molecule has 0 radical (unpaired) electrons. The number of hydrogen-bond donors (Lipinski definition) is 1. The zero-order valence-corrected chi connectivity index (χ0v) is 9.54. The predicted octanol–water partition coefficient (Wildman–Crippen LogP) is 1.14. The first-order valence-electron chi connectivity index (χ1n) is 4.92. The zero-order chi connectivity index (χ0) is 12.3. The minimum atomic E-state index is 0.136. The van der Waals surface area contributed by atoms with Crippen molar-refractivity contribution in [2.75, 3.05) is 20.0 Å². The van der Waals surface area contributed by atoms with Crippen molar-refractivity contribution >= 4 is 5.95 Å². The molecular weight excluding hydrogens is 220 g/mol. The maximum atomic E-state index is 5.48. The van der Waals surface area contributed by atoms with Gasteiger partial charge in [0.2, 0.25) is 5.95 Å². The van der Waals surface area contributed by atoms with E-state index in [4.69, 9.17) is 15.2 Å². The number of ether oxygens (including phenoxy) is 2. The van der Waals surface area contributed by atoms with Gasteiger partial charge in [0.15, 0.2) is 11.5 Å². The highest BCUT2D eigenvalue weighted by molar-refractivity contribution is 5.63. The molecule has 1 aromatic heterocycles. The Hall–Kier alpha value is -2.37. The van der Waals surface area contributed by atoms with Crippen LogP contribution in [0.3, 0.4) is 0 Å². The Morgan fingerprint density at radius 1 is 1.12 bits per heavy atom. The fourth-order valence-electron chi connectivity index (χ4n) is 1.45. The Balaban J connectivity index is 2.46. The Morgan fingerprint density at radius 2 is 1.88 bits per heavy atom. The number of anilines is 1. The largest absolute Gasteiger partial charge is 0.493 e. The molecule has 2 N–H and O–H groups in total. The number of nitrogen functional groups attached to an aromatic ring is 1. The molecule has 0 amide bonds. The van der Waals surface area contributed by atoms with Crippen molar-refractivity contribution in [3.63, 3.8) is 0 Å². The standard InChI is InChI=1S/C11H12N4O2/c1-16-9-4-3-7(5-10(9)17-2)8-6-13-15-11(12)14-8/h3-6H,1-2H3,(H2,12,14,15). The molecule has 2 aromatic rings. The molecule has 2 rings (SSSR count). The van der Waals surface area contributed by atoms with Gasteiger partial charge in [-0.3, -0.25) is 0 Å². The number of nitrogens with zero attached hydrogens (tertiary/aromatic N) is 3. The van der Waals surface area contributed by atoms with Crippen LogP contribution in [0.1, 0.15) is 0 Å². The lowest BCUT2D eigenvalue weighted by atomic mass is 10.1. The highest BCUT2D eigenvalue weighted by Gasteiger charge is 2.07. The van der Waals surface area contributed by atoms with Crippen LogP contribution < -0.4 is 15.2 Å². The molecule has 0 saturated heterocycles. The number of rotatable bonds is 3. The van der Waals surface area contributed by atoms with Gasteiger partial charge in [-0.1, -0.05) is 0 Å². The summed E-state index contributed by atoms with van der Waals surface area (Å²) in [6.45, 7) is 0. The Labute approximate surface area is 98.4 Å². The first-order valence-corrected chi connectivity index (χ1v) is 4.92. The molecule has 88 valence electrons. The van der Waals surface area contributed by atoms with Crippen molar-refractivity contribution in [3.05, 3.63) is 24.4 Å². The van der Waals surface area contributed by atoms with Crippen LogP contribution in [-0.2, 0) is 0 Å². The summed E-state index contributed by atoms with van der Waals surface area (Å²) >= 11 is 0. The minimum absolute atomic E-state index is 0.136. The first-order chi connectivity index (χ1) is 8.24. The van der Waals surface area contributed by atoms with E-state index >= 15 is 0 Å². The fraction of sp³-hybridized carbons (Fsp3) is 0.182. The summed E-state index contributed by atoms with van der Waals surface area (Å²) in [5.74, 6) is 1.42. The molecule has 17 heavy (non-hydrogen) atoms. The molecule has 0 atom stereocenters. The van der Waals surface area contributed by atoms with Gasteiger partial charge >= 0.3 is 0 Å². The normalized spacial score (nSPS) is 10.0. The third kappa shape index (κ3) is 2.25. The summed E-state index contributed by atoms with van der Waals surface area (Å²) in [5, 5.41) is 7.35. The van der Waals surface area contributed by atoms with E-state index in [0.717, 1.165) is 5.56 Å². The molecule has 1 aromatic carbocycles. The van der Waals surface area contributed by atoms with E-state index in [2.05, 4.69) is 15.2 Å². The van der Waals surface area contributed by atoms with Gasteiger partial charge in [0.05, 0.1) is 26.1 Å². The summed E-state index contributed by atoms with van der Waals surface area (Å²) in [4.78, 5) is 4.08. The second-order valence-corrected chi connectivity index (χ2v) is 3.27. The minimum Gasteiger partial charge on any atom is -0.493 e. The predicted molar refractivity (Wildman–Crippen MR) is 62.8 cm³/mol. The molecule has 0 aliphatic carbocycles. The van der Waals surface area contributed by atoms with E-state index in [-0.39, 0.29) is 5.95 Å². The van der Waals surface area contributed by atoms with Gasteiger partial charge in [0.25, 0.3) is 0 Å². The molecule has 0 saturated carbocycles. The van der Waals surface area contributed by atoms with E-state index in [1.165, 1.54) is 6.20 Å². The lowest BCUT2D eigenvalue weighted by Crippen LogP contribution is -1.98. The second kappa shape index (κ2) is 4.65. The number of aromatic nitrogens is 3. The SMILES string of the molecule is COc1ccc(-c2cnnc(N)n2)cc1OC. The van der Waals surface area contributed by atoms with Crippen LogP contribution in [0.25, 0.3) is 11.3 Å². The van der Waals surface area contributed by atoms with Gasteiger partial charge in [-0.15, -0.1) is 5.10 Å². The van der Waals surface area contributed by atoms with E-state index in [1.54, 1.807) is 20.3 Å². The number of nitrogens with two attached hydrogens (primary N) is 1. The number of methoxy groups -OCH3 is 2. The summed E-state index contributed by atoms with van der Waals surface area (Å²) in [6.07, 6.45) is 1.54. The quantitative estimate of drug-likeness (QED) is 0.854. The molecule has 0 aliphatic heterocycles. The fourth-order valence-corrected chi connectivity index (χ4v) is 1.45. The van der Waals surface area contributed by atoms with Crippen molar-refractivity contribution in [1.29, 1.82) is 0 Å². The third-order valence-electron chi connectivity index (χ3n) is 2.25. The average Bonchev–Trinajstić information content (AvgIpc) is 2.38. The van der Waals surface area contributed by atoms with Crippen molar-refractivity contribution in [2.24, 2.45) is 0 Å². The van der Waals surface area contributed by atoms with E-state index in [9.17, 15) is 0 Å². The first kappa shape index (κ1) is 11.1. The molecular formula is C11H12N4O2. The van der Waals surface area contributed by atoms with Crippen LogP contribution in [0.5, 0.6) is 11.5 Å². The van der Waals surface area contributed by atoms with Gasteiger partial charge < -0.3 is 15.2 Å². The highest BCUT2D eigenvalue weighted by Crippen LogP contribution is 2.31. The summed E-state index contributed by atoms with van der Waals surface area (Å²) in [7, 11) is 3.16. The smallest absolute Gasteiger partial charge is 0.240 e. The van der Waals surface area contributed by atoms with E-state index in [1.807, 2.05) is 12.1 Å². The topological polar surface area (TPSA) is 83.2 Å². The molecule has 0 spiro atoms. The van der Waals surface area contributed by atoms with Crippen molar-refractivity contribution in [1.82, 2.24) is 15.2 Å². The lowest BCUT2D eigenvalue weighted by Gasteiger charge is -2.08. The van der Waals surface area contributed by atoms with Crippen molar-refractivity contribution in [3.8, 4) is 22.8 Å². The van der Waals surface area contributed by atoms with E-state index in [0.29, 0.717) is 17.2 Å². The van der Waals surface area contributed by atoms with Crippen LogP contribution in [0, 0.1) is 0 Å². The Bertz CT molecular complexity index is 531. The van der Waals surface area contributed by atoms with Crippen molar-refractivity contribution in [2.45, 2.75) is 0 Å². The van der Waals surface area contributed by atoms with Gasteiger partial charge in [-0.25, -0.2) is 4.98 Å². The van der Waals surface area contributed by atoms with Gasteiger partial charge in [-0.2, -0.15) is 5.10 Å². The molecule has 1 heterocycles.